The molecule has 0 bridgehead atoms. The van der Waals surface area contributed by atoms with Gasteiger partial charge in [0.2, 0.25) is 0 Å². The Labute approximate surface area is 229 Å². The second kappa shape index (κ2) is 11.2. The van der Waals surface area contributed by atoms with Gasteiger partial charge < -0.3 is 19.3 Å². The first-order valence-corrected chi connectivity index (χ1v) is 14.1. The Morgan fingerprint density at radius 1 is 0.974 bits per heavy atom. The lowest BCUT2D eigenvalue weighted by Crippen LogP contribution is -2.40. The van der Waals surface area contributed by atoms with Crippen LogP contribution in [-0.2, 0) is 20.6 Å². The smallest absolute Gasteiger partial charge is 0.193 e. The lowest BCUT2D eigenvalue weighted by molar-refractivity contribution is -0.0978. The molecule has 3 aromatic carbocycles. The Bertz CT molecular complexity index is 1300. The topological polar surface area (TPSA) is 60.3 Å². The molecule has 3 aromatic rings. The van der Waals surface area contributed by atoms with E-state index in [-0.39, 0.29) is 30.8 Å². The van der Waals surface area contributed by atoms with Crippen molar-refractivity contribution in [1.82, 2.24) is 0 Å². The molecule has 2 fully saturated rings. The van der Waals surface area contributed by atoms with Crippen molar-refractivity contribution in [3.05, 3.63) is 76.8 Å². The van der Waals surface area contributed by atoms with Crippen molar-refractivity contribution in [3.63, 3.8) is 0 Å². The molecule has 3 aliphatic rings. The number of nitrogens with zero attached hydrogens (tertiary/aromatic N) is 1. The maximum atomic E-state index is 9.42. The Hall–Kier alpha value is -2.70. The maximum Gasteiger partial charge on any atom is 0.193 e. The molecule has 0 aliphatic carbocycles. The molecule has 5 nitrogen and oxygen atoms in total. The summed E-state index contributed by atoms with van der Waals surface area (Å²) in [6.07, 6.45) is 5.05. The van der Waals surface area contributed by atoms with Crippen molar-refractivity contribution in [3.8, 4) is 22.3 Å². The summed E-state index contributed by atoms with van der Waals surface area (Å²) >= 11 is 6.73. The third-order valence-corrected chi connectivity index (χ3v) is 8.31. The number of benzene rings is 3. The Balaban J connectivity index is 1.15. The molecule has 2 saturated heterocycles. The first-order chi connectivity index (χ1) is 18.6. The number of halogens is 1. The third kappa shape index (κ3) is 5.39. The Morgan fingerprint density at radius 3 is 2.39 bits per heavy atom. The van der Waals surface area contributed by atoms with Crippen LogP contribution in [0.4, 0.5) is 5.69 Å². The molecule has 0 saturated carbocycles. The van der Waals surface area contributed by atoms with Gasteiger partial charge in [0.15, 0.2) is 5.90 Å². The van der Waals surface area contributed by atoms with E-state index >= 15 is 0 Å². The monoisotopic (exact) mass is 531 g/mol. The summed E-state index contributed by atoms with van der Waals surface area (Å²) in [5.74, 6) is 0.949. The summed E-state index contributed by atoms with van der Waals surface area (Å²) in [7, 11) is 0. The normalized spacial score (nSPS) is 25.1. The van der Waals surface area contributed by atoms with Crippen LogP contribution < -0.4 is 0 Å². The fourth-order valence-corrected chi connectivity index (χ4v) is 6.04. The summed E-state index contributed by atoms with van der Waals surface area (Å²) < 4.78 is 17.9. The highest BCUT2D eigenvalue weighted by Crippen LogP contribution is 2.39. The van der Waals surface area contributed by atoms with Crippen LogP contribution in [0.2, 0.25) is 5.02 Å². The Morgan fingerprint density at radius 2 is 1.71 bits per heavy atom. The van der Waals surface area contributed by atoms with Gasteiger partial charge in [-0.25, -0.2) is 4.99 Å². The average Bonchev–Trinajstić information content (AvgIpc) is 3.34. The van der Waals surface area contributed by atoms with Crippen LogP contribution in [0.3, 0.4) is 0 Å². The largest absolute Gasteiger partial charge is 0.475 e. The maximum absolute atomic E-state index is 9.42. The van der Waals surface area contributed by atoms with E-state index in [0.717, 1.165) is 48.2 Å². The molecule has 3 aliphatic heterocycles. The van der Waals surface area contributed by atoms with Crippen molar-refractivity contribution >= 4 is 23.2 Å². The average molecular weight is 532 g/mol. The number of aliphatic hydroxyl groups excluding tert-OH is 1. The van der Waals surface area contributed by atoms with Crippen LogP contribution in [0.5, 0.6) is 0 Å². The van der Waals surface area contributed by atoms with E-state index in [1.165, 1.54) is 23.1 Å². The van der Waals surface area contributed by atoms with Gasteiger partial charge in [-0.3, -0.25) is 0 Å². The molecule has 0 radical (unpaired) electrons. The SMILES string of the molecule is C[C@H]1C[C@@H](OC2=Nc3cc(-c4ccc(-c5ccc(C6CCCCO6)cc5)cc4)c(Cl)cc3C2)CO[C@@H]1CO. The second-order valence-electron chi connectivity index (χ2n) is 10.7. The summed E-state index contributed by atoms with van der Waals surface area (Å²) in [6, 6.07) is 21.4. The van der Waals surface area contributed by atoms with Gasteiger partial charge in [-0.15, -0.1) is 0 Å². The highest BCUT2D eigenvalue weighted by molar-refractivity contribution is 6.33. The lowest BCUT2D eigenvalue weighted by Gasteiger charge is -2.33. The molecule has 0 spiro atoms. The van der Waals surface area contributed by atoms with Crippen molar-refractivity contribution in [2.24, 2.45) is 10.9 Å². The van der Waals surface area contributed by atoms with Crippen LogP contribution >= 0.6 is 11.6 Å². The standard InChI is InChI=1S/C32H34ClNO4/c1-20-14-26(19-37-31(20)18-35)38-32-16-25-15-28(33)27(17-29(25)34-32)23-9-5-21(6-10-23)22-7-11-24(12-8-22)30-4-2-3-13-36-30/h5-12,15,17,20,26,30-31,35H,2-4,13-14,16,18-19H2,1H3/t20-,26+,30?,31+/m0/s1. The van der Waals surface area contributed by atoms with Gasteiger partial charge in [0, 0.05) is 17.2 Å². The first-order valence-electron chi connectivity index (χ1n) is 13.7. The van der Waals surface area contributed by atoms with E-state index in [0.29, 0.717) is 23.9 Å². The number of rotatable bonds is 5. The summed E-state index contributed by atoms with van der Waals surface area (Å²) in [5, 5.41) is 10.1. The molecule has 6 rings (SSSR count). The fraction of sp³-hybridized carbons (Fsp3) is 0.406. The van der Waals surface area contributed by atoms with Gasteiger partial charge in [-0.1, -0.05) is 67.1 Å². The molecule has 3 heterocycles. The number of ether oxygens (including phenoxy) is 3. The van der Waals surface area contributed by atoms with Gasteiger partial charge in [-0.05, 0) is 71.6 Å². The predicted molar refractivity (Wildman–Crippen MR) is 151 cm³/mol. The summed E-state index contributed by atoms with van der Waals surface area (Å²) in [6.45, 7) is 3.46. The minimum Gasteiger partial charge on any atom is -0.475 e. The molecular formula is C32H34ClNO4. The second-order valence-corrected chi connectivity index (χ2v) is 11.1. The number of hydrogen-bond acceptors (Lipinski definition) is 5. The van der Waals surface area contributed by atoms with E-state index in [2.05, 4.69) is 61.5 Å². The van der Waals surface area contributed by atoms with Gasteiger partial charge in [0.25, 0.3) is 0 Å². The van der Waals surface area contributed by atoms with Crippen molar-refractivity contribution in [2.45, 2.75) is 57.3 Å². The number of aliphatic hydroxyl groups is 1. The van der Waals surface area contributed by atoms with Crippen molar-refractivity contribution in [1.29, 1.82) is 0 Å². The fourth-order valence-electron chi connectivity index (χ4n) is 5.75. The number of aliphatic imine (C=N–C) groups is 1. The zero-order valence-corrected chi connectivity index (χ0v) is 22.5. The summed E-state index contributed by atoms with van der Waals surface area (Å²) in [4.78, 5) is 4.77. The highest BCUT2D eigenvalue weighted by atomic mass is 35.5. The Kier molecular flexibility index (Phi) is 7.53. The van der Waals surface area contributed by atoms with E-state index in [1.54, 1.807) is 0 Å². The van der Waals surface area contributed by atoms with Gasteiger partial charge in [0.05, 0.1) is 37.5 Å². The van der Waals surface area contributed by atoms with E-state index in [1.807, 2.05) is 6.07 Å². The zero-order chi connectivity index (χ0) is 26.1. The van der Waals surface area contributed by atoms with Gasteiger partial charge >= 0.3 is 0 Å². The molecule has 198 valence electrons. The summed E-state index contributed by atoms with van der Waals surface area (Å²) in [5.41, 5.74) is 7.62. The lowest BCUT2D eigenvalue weighted by atomic mass is 9.95. The molecular weight excluding hydrogens is 498 g/mol. The van der Waals surface area contributed by atoms with Crippen molar-refractivity contribution < 1.29 is 19.3 Å². The van der Waals surface area contributed by atoms with Crippen LogP contribution in [0.1, 0.15) is 49.8 Å². The van der Waals surface area contributed by atoms with E-state index in [9.17, 15) is 5.11 Å². The van der Waals surface area contributed by atoms with Crippen LogP contribution in [-0.4, -0.2) is 43.0 Å². The minimum absolute atomic E-state index is 0.0463. The molecule has 0 amide bonds. The third-order valence-electron chi connectivity index (χ3n) is 7.99. The quantitative estimate of drug-likeness (QED) is 0.375. The van der Waals surface area contributed by atoms with Crippen LogP contribution in [0.15, 0.2) is 65.7 Å². The van der Waals surface area contributed by atoms with E-state index in [4.69, 9.17) is 30.8 Å². The predicted octanol–water partition coefficient (Wildman–Crippen LogP) is 7.30. The zero-order valence-electron chi connectivity index (χ0n) is 21.7. The van der Waals surface area contributed by atoms with Crippen molar-refractivity contribution in [2.75, 3.05) is 19.8 Å². The highest BCUT2D eigenvalue weighted by Gasteiger charge is 2.30. The molecule has 0 aromatic heterocycles. The molecule has 38 heavy (non-hydrogen) atoms. The minimum atomic E-state index is -0.110. The number of fused-ring (bicyclic) bond motifs is 1. The molecule has 1 N–H and O–H groups in total. The number of hydrogen-bond donors (Lipinski definition) is 1. The molecule has 1 unspecified atom stereocenters. The molecule has 6 heteroatoms. The van der Waals surface area contributed by atoms with E-state index < -0.39 is 0 Å². The molecule has 4 atom stereocenters. The van der Waals surface area contributed by atoms with Gasteiger partial charge in [-0.2, -0.15) is 0 Å². The van der Waals surface area contributed by atoms with Gasteiger partial charge in [0.1, 0.15) is 6.10 Å². The van der Waals surface area contributed by atoms with Crippen LogP contribution in [0, 0.1) is 5.92 Å². The van der Waals surface area contributed by atoms with Crippen LogP contribution in [0.25, 0.3) is 22.3 Å². The first kappa shape index (κ1) is 25.6.